The molecule has 1 aromatic carbocycles. The first-order valence-corrected chi connectivity index (χ1v) is 9.16. The van der Waals surface area contributed by atoms with Gasteiger partial charge in [0.15, 0.2) is 0 Å². The van der Waals surface area contributed by atoms with Crippen LogP contribution in [0.15, 0.2) is 42.6 Å². The molecule has 3 N–H and O–H groups in total. The Balaban J connectivity index is 1.79. The van der Waals surface area contributed by atoms with E-state index in [0.29, 0.717) is 28.0 Å². The van der Waals surface area contributed by atoms with Gasteiger partial charge in [0.25, 0.3) is 0 Å². The van der Waals surface area contributed by atoms with E-state index in [0.717, 1.165) is 4.57 Å². The second kappa shape index (κ2) is 8.00. The van der Waals surface area contributed by atoms with Gasteiger partial charge >= 0.3 is 6.18 Å². The van der Waals surface area contributed by atoms with E-state index in [-0.39, 0.29) is 12.2 Å². The lowest BCUT2D eigenvalue weighted by Crippen LogP contribution is -2.18. The first-order chi connectivity index (χ1) is 14.1. The molecule has 2 aromatic heterocycles. The SMILES string of the molecule is CC(C)(C#N)c1ccc(NCC#Cc2cc3c(N)cccc3n2CC(F)(F)F)cn1. The maximum absolute atomic E-state index is 13.0. The predicted molar refractivity (Wildman–Crippen MR) is 111 cm³/mol. The maximum atomic E-state index is 13.0. The highest BCUT2D eigenvalue weighted by atomic mass is 19.4. The maximum Gasteiger partial charge on any atom is 0.406 e. The van der Waals surface area contributed by atoms with Crippen molar-refractivity contribution >= 4 is 22.3 Å². The fourth-order valence-corrected chi connectivity index (χ4v) is 2.97. The van der Waals surface area contributed by atoms with E-state index in [2.05, 4.69) is 28.2 Å². The van der Waals surface area contributed by atoms with Gasteiger partial charge in [-0.2, -0.15) is 18.4 Å². The van der Waals surface area contributed by atoms with Crippen LogP contribution in [0, 0.1) is 23.2 Å². The molecule has 0 saturated heterocycles. The van der Waals surface area contributed by atoms with Crippen molar-refractivity contribution in [3.63, 3.8) is 0 Å². The number of aromatic nitrogens is 2. The second-order valence-corrected chi connectivity index (χ2v) is 7.34. The van der Waals surface area contributed by atoms with Crippen LogP contribution in [0.1, 0.15) is 25.2 Å². The summed E-state index contributed by atoms with van der Waals surface area (Å²) >= 11 is 0. The molecule has 2 heterocycles. The zero-order valence-electron chi connectivity index (χ0n) is 16.5. The van der Waals surface area contributed by atoms with Crippen molar-refractivity contribution in [2.75, 3.05) is 17.6 Å². The zero-order valence-corrected chi connectivity index (χ0v) is 16.5. The highest BCUT2D eigenvalue weighted by molar-refractivity contribution is 5.92. The molecule has 0 unspecified atom stereocenters. The summed E-state index contributed by atoms with van der Waals surface area (Å²) in [5.74, 6) is 5.64. The number of nitrogens with zero attached hydrogens (tertiary/aromatic N) is 3. The van der Waals surface area contributed by atoms with Crippen LogP contribution in [0.5, 0.6) is 0 Å². The molecule has 0 saturated carbocycles. The second-order valence-electron chi connectivity index (χ2n) is 7.34. The fourth-order valence-electron chi connectivity index (χ4n) is 2.97. The van der Waals surface area contributed by atoms with Crippen molar-refractivity contribution in [2.24, 2.45) is 0 Å². The Morgan fingerprint density at radius 2 is 1.97 bits per heavy atom. The van der Waals surface area contributed by atoms with E-state index in [1.54, 1.807) is 56.4 Å². The summed E-state index contributed by atoms with van der Waals surface area (Å²) in [6.45, 7) is 2.63. The number of benzene rings is 1. The van der Waals surface area contributed by atoms with Gasteiger partial charge in [0, 0.05) is 11.1 Å². The Morgan fingerprint density at radius 1 is 1.20 bits per heavy atom. The molecule has 3 rings (SSSR count). The molecule has 3 aromatic rings. The lowest BCUT2D eigenvalue weighted by atomic mass is 9.91. The van der Waals surface area contributed by atoms with Crippen LogP contribution >= 0.6 is 0 Å². The van der Waals surface area contributed by atoms with Gasteiger partial charge in [0.1, 0.15) is 6.54 Å². The summed E-state index contributed by atoms with van der Waals surface area (Å²) in [4.78, 5) is 4.27. The smallest absolute Gasteiger partial charge is 0.398 e. The third kappa shape index (κ3) is 4.66. The van der Waals surface area contributed by atoms with Gasteiger partial charge in [-0.25, -0.2) is 0 Å². The van der Waals surface area contributed by atoms with E-state index < -0.39 is 18.1 Å². The molecule has 0 amide bonds. The zero-order chi connectivity index (χ0) is 21.9. The average molecular weight is 411 g/mol. The number of pyridine rings is 1. The summed E-state index contributed by atoms with van der Waals surface area (Å²) in [6, 6.07) is 12.2. The number of nitrogens with two attached hydrogens (primary N) is 1. The number of rotatable bonds is 4. The summed E-state index contributed by atoms with van der Waals surface area (Å²) in [7, 11) is 0. The number of fused-ring (bicyclic) bond motifs is 1. The Morgan fingerprint density at radius 3 is 2.60 bits per heavy atom. The van der Waals surface area contributed by atoms with Crippen LogP contribution in [0.4, 0.5) is 24.5 Å². The average Bonchev–Trinajstić information content (AvgIpc) is 3.03. The van der Waals surface area contributed by atoms with Crippen molar-refractivity contribution in [1.29, 1.82) is 5.26 Å². The highest BCUT2D eigenvalue weighted by Gasteiger charge is 2.29. The highest BCUT2D eigenvalue weighted by Crippen LogP contribution is 2.28. The molecule has 30 heavy (non-hydrogen) atoms. The van der Waals surface area contributed by atoms with E-state index in [4.69, 9.17) is 11.0 Å². The molecule has 0 fully saturated rings. The van der Waals surface area contributed by atoms with Crippen LogP contribution in [-0.2, 0) is 12.0 Å². The van der Waals surface area contributed by atoms with Crippen molar-refractivity contribution < 1.29 is 13.2 Å². The van der Waals surface area contributed by atoms with Gasteiger partial charge in [0.2, 0.25) is 0 Å². The van der Waals surface area contributed by atoms with Crippen LogP contribution in [0.25, 0.3) is 10.9 Å². The normalized spacial score (nSPS) is 11.6. The van der Waals surface area contributed by atoms with E-state index in [9.17, 15) is 13.2 Å². The summed E-state index contributed by atoms with van der Waals surface area (Å²) in [6.07, 6.45) is -2.78. The molecular formula is C22H20F3N5. The van der Waals surface area contributed by atoms with Crippen LogP contribution < -0.4 is 11.1 Å². The van der Waals surface area contributed by atoms with Gasteiger partial charge in [0.05, 0.1) is 46.8 Å². The molecule has 154 valence electrons. The van der Waals surface area contributed by atoms with E-state index >= 15 is 0 Å². The summed E-state index contributed by atoms with van der Waals surface area (Å²) < 4.78 is 40.2. The van der Waals surface area contributed by atoms with Crippen LogP contribution in [0.3, 0.4) is 0 Å². The minimum atomic E-state index is -4.38. The van der Waals surface area contributed by atoms with Crippen molar-refractivity contribution in [3.05, 3.63) is 54.0 Å². The molecule has 0 aliphatic carbocycles. The quantitative estimate of drug-likeness (QED) is 0.491. The van der Waals surface area contributed by atoms with E-state index in [1.165, 1.54) is 0 Å². The van der Waals surface area contributed by atoms with Crippen LogP contribution in [-0.4, -0.2) is 22.3 Å². The Kier molecular flexibility index (Phi) is 5.62. The molecule has 0 aliphatic heterocycles. The Hall–Kier alpha value is -3.65. The summed E-state index contributed by atoms with van der Waals surface area (Å²) in [5, 5.41) is 12.7. The number of anilines is 2. The molecule has 0 atom stereocenters. The molecule has 0 bridgehead atoms. The van der Waals surface area contributed by atoms with Crippen molar-refractivity contribution in [1.82, 2.24) is 9.55 Å². The fraction of sp³-hybridized carbons (Fsp3) is 0.273. The molecular weight excluding hydrogens is 391 g/mol. The number of hydrogen-bond acceptors (Lipinski definition) is 4. The third-order valence-electron chi connectivity index (χ3n) is 4.60. The predicted octanol–water partition coefficient (Wildman–Crippen LogP) is 4.45. The molecule has 0 radical (unpaired) electrons. The van der Waals surface area contributed by atoms with Gasteiger partial charge in [-0.05, 0) is 50.1 Å². The lowest BCUT2D eigenvalue weighted by Gasteiger charge is -2.14. The van der Waals surface area contributed by atoms with Crippen molar-refractivity contribution in [2.45, 2.75) is 32.0 Å². The minimum Gasteiger partial charge on any atom is -0.398 e. The number of nitrogens with one attached hydrogen (secondary N) is 1. The molecule has 5 nitrogen and oxygen atoms in total. The molecule has 8 heteroatoms. The monoisotopic (exact) mass is 411 g/mol. The van der Waals surface area contributed by atoms with Gasteiger partial charge in [-0.15, -0.1) is 0 Å². The standard InChI is InChI=1S/C22H20F3N5/c1-21(2,13-26)20-9-8-15(12-29-20)28-10-4-5-16-11-17-18(27)6-3-7-19(17)30(16)14-22(23,24)25/h3,6-9,11-12,28H,10,14,27H2,1-2H3. The molecule has 0 spiro atoms. The van der Waals surface area contributed by atoms with E-state index in [1.807, 2.05) is 0 Å². The third-order valence-corrected chi connectivity index (χ3v) is 4.60. The first-order valence-electron chi connectivity index (χ1n) is 9.16. The Bertz CT molecular complexity index is 1160. The number of nitriles is 1. The topological polar surface area (TPSA) is 79.7 Å². The number of nitrogen functional groups attached to an aromatic ring is 1. The van der Waals surface area contributed by atoms with Crippen LogP contribution in [0.2, 0.25) is 0 Å². The Labute approximate surface area is 172 Å². The molecule has 0 aliphatic rings. The first kappa shape index (κ1) is 21.1. The number of alkyl halides is 3. The number of halogens is 3. The summed E-state index contributed by atoms with van der Waals surface area (Å²) in [5.41, 5.74) is 7.60. The number of hydrogen-bond donors (Lipinski definition) is 2. The van der Waals surface area contributed by atoms with Gasteiger partial charge in [-0.3, -0.25) is 4.98 Å². The largest absolute Gasteiger partial charge is 0.406 e. The van der Waals surface area contributed by atoms with Crippen molar-refractivity contribution in [3.8, 4) is 17.9 Å². The minimum absolute atomic E-state index is 0.214. The van der Waals surface area contributed by atoms with Gasteiger partial charge < -0.3 is 15.6 Å². The van der Waals surface area contributed by atoms with Gasteiger partial charge in [-0.1, -0.05) is 12.0 Å². The lowest BCUT2D eigenvalue weighted by molar-refractivity contribution is -0.140.